The summed E-state index contributed by atoms with van der Waals surface area (Å²) < 4.78 is 0. The fourth-order valence-electron chi connectivity index (χ4n) is 5.79. The third-order valence-electron chi connectivity index (χ3n) is 7.58. The van der Waals surface area contributed by atoms with Crippen molar-refractivity contribution in [2.45, 2.75) is 60.8 Å². The maximum Gasteiger partial charge on any atom is 0.0562 e. The monoisotopic (exact) mass is 586 g/mol. The first-order valence-corrected chi connectivity index (χ1v) is 16.2. The van der Waals surface area contributed by atoms with Crippen LogP contribution in [0.3, 0.4) is 0 Å². The van der Waals surface area contributed by atoms with E-state index in [1.807, 2.05) is 0 Å². The summed E-state index contributed by atoms with van der Waals surface area (Å²) in [5, 5.41) is 8.55. The molecule has 0 nitrogen and oxygen atoms in total. The lowest BCUT2D eigenvalue weighted by molar-refractivity contribution is 0.647. The molecule has 0 bridgehead atoms. The van der Waals surface area contributed by atoms with Gasteiger partial charge in [-0.3, -0.25) is 0 Å². The molecule has 0 saturated carbocycles. The van der Waals surface area contributed by atoms with Crippen LogP contribution in [-0.4, -0.2) is 0 Å². The van der Waals surface area contributed by atoms with E-state index in [0.29, 0.717) is 5.92 Å². The van der Waals surface area contributed by atoms with Gasteiger partial charge in [0.15, 0.2) is 0 Å². The summed E-state index contributed by atoms with van der Waals surface area (Å²) in [5.41, 5.74) is 4.33. The highest BCUT2D eigenvalue weighted by atomic mass is 35.5. The van der Waals surface area contributed by atoms with Crippen molar-refractivity contribution in [1.29, 1.82) is 0 Å². The van der Waals surface area contributed by atoms with Crippen LogP contribution in [0, 0.1) is 17.8 Å². The number of benzene rings is 6. The topological polar surface area (TPSA) is 0 Å². The molecule has 0 aromatic heterocycles. The SMILES string of the molecule is CC(C)Cc1c2ccccc2c(Cl)c2ccccc12.CC(C)Cc1cccc2ccccc12.CC(C)Cc1ccccc1. The van der Waals surface area contributed by atoms with Gasteiger partial charge in [0.1, 0.15) is 0 Å². The second-order valence-electron chi connectivity index (χ2n) is 12.8. The first kappa shape index (κ1) is 32.3. The minimum atomic E-state index is 0.632. The molecule has 222 valence electrons. The molecule has 0 aliphatic heterocycles. The van der Waals surface area contributed by atoms with Crippen LogP contribution in [0.5, 0.6) is 0 Å². The van der Waals surface area contributed by atoms with Gasteiger partial charge in [-0.15, -0.1) is 0 Å². The zero-order valence-electron chi connectivity index (χ0n) is 26.8. The van der Waals surface area contributed by atoms with Crippen molar-refractivity contribution in [1.82, 2.24) is 0 Å². The molecule has 0 heterocycles. The average molecular weight is 587 g/mol. The summed E-state index contributed by atoms with van der Waals surface area (Å²) in [5.74, 6) is 2.12. The lowest BCUT2D eigenvalue weighted by Crippen LogP contribution is -1.97. The van der Waals surface area contributed by atoms with Gasteiger partial charge in [0, 0.05) is 10.8 Å². The maximum absolute atomic E-state index is 6.58. The van der Waals surface area contributed by atoms with Crippen LogP contribution in [0.25, 0.3) is 32.3 Å². The van der Waals surface area contributed by atoms with E-state index in [2.05, 4.69) is 163 Å². The number of fused-ring (bicyclic) bond motifs is 3. The lowest BCUT2D eigenvalue weighted by Gasteiger charge is -2.15. The summed E-state index contributed by atoms with van der Waals surface area (Å²) in [4.78, 5) is 0. The van der Waals surface area contributed by atoms with Gasteiger partial charge in [-0.05, 0) is 75.3 Å². The van der Waals surface area contributed by atoms with Gasteiger partial charge < -0.3 is 0 Å². The largest absolute Gasteiger partial charge is 0.0830 e. The second-order valence-corrected chi connectivity index (χ2v) is 13.2. The van der Waals surface area contributed by atoms with Gasteiger partial charge in [0.2, 0.25) is 0 Å². The smallest absolute Gasteiger partial charge is 0.0562 e. The fraction of sp³-hybridized carbons (Fsp3) is 0.286. The van der Waals surface area contributed by atoms with E-state index < -0.39 is 0 Å². The number of rotatable bonds is 6. The Morgan fingerprint density at radius 1 is 0.419 bits per heavy atom. The summed E-state index contributed by atoms with van der Waals surface area (Å²) in [7, 11) is 0. The zero-order chi connectivity index (χ0) is 30.8. The summed E-state index contributed by atoms with van der Waals surface area (Å²) in [6, 6.07) is 42.7. The first-order valence-electron chi connectivity index (χ1n) is 15.8. The van der Waals surface area contributed by atoms with Crippen LogP contribution >= 0.6 is 11.6 Å². The van der Waals surface area contributed by atoms with Crippen molar-refractivity contribution in [2.24, 2.45) is 17.8 Å². The lowest BCUT2D eigenvalue weighted by atomic mass is 9.91. The molecule has 0 radical (unpaired) electrons. The molecule has 6 aromatic rings. The van der Waals surface area contributed by atoms with E-state index in [4.69, 9.17) is 11.6 Å². The molecular formula is C42H47Cl. The Morgan fingerprint density at radius 3 is 1.40 bits per heavy atom. The van der Waals surface area contributed by atoms with Crippen LogP contribution in [-0.2, 0) is 19.3 Å². The van der Waals surface area contributed by atoms with E-state index in [0.717, 1.165) is 23.3 Å². The molecule has 6 rings (SSSR count). The first-order chi connectivity index (χ1) is 20.7. The van der Waals surface area contributed by atoms with E-state index in [1.54, 1.807) is 0 Å². The normalized spacial score (nSPS) is 11.1. The molecule has 0 aliphatic rings. The molecule has 0 atom stereocenters. The Balaban J connectivity index is 0.000000156. The third-order valence-corrected chi connectivity index (χ3v) is 7.99. The van der Waals surface area contributed by atoms with Crippen molar-refractivity contribution < 1.29 is 0 Å². The second kappa shape index (κ2) is 15.7. The van der Waals surface area contributed by atoms with Gasteiger partial charge >= 0.3 is 0 Å². The molecule has 6 aromatic carbocycles. The minimum absolute atomic E-state index is 0.632. The van der Waals surface area contributed by atoms with E-state index >= 15 is 0 Å². The predicted molar refractivity (Wildman–Crippen MR) is 192 cm³/mol. The Bertz CT molecular complexity index is 1660. The molecule has 0 unspecified atom stereocenters. The van der Waals surface area contributed by atoms with Crippen LogP contribution in [0.15, 0.2) is 121 Å². The molecule has 0 fully saturated rings. The summed E-state index contributed by atoms with van der Waals surface area (Å²) in [6.45, 7) is 13.5. The van der Waals surface area contributed by atoms with E-state index in [-0.39, 0.29) is 0 Å². The molecule has 1 heteroatoms. The van der Waals surface area contributed by atoms with Crippen molar-refractivity contribution >= 4 is 43.9 Å². The Kier molecular flexibility index (Phi) is 11.8. The minimum Gasteiger partial charge on any atom is -0.0830 e. The van der Waals surface area contributed by atoms with Gasteiger partial charge in [-0.25, -0.2) is 0 Å². The molecule has 0 saturated heterocycles. The molecule has 43 heavy (non-hydrogen) atoms. The average Bonchev–Trinajstić information content (AvgIpc) is 3.00. The standard InChI is InChI=1S/C18H17Cl.C14H16.C10H14/c1-12(2)11-17-13-7-3-5-9-15(13)18(19)16-10-6-4-8-14(16)17;1-11(2)10-13-8-5-7-12-6-3-4-9-14(12)13;1-9(2)8-10-6-4-3-5-7-10/h3-10,12H,11H2,1-2H3;3-9,11H,10H2,1-2H3;3-7,9H,8H2,1-2H3. The van der Waals surface area contributed by atoms with E-state index in [9.17, 15) is 0 Å². The van der Waals surface area contributed by atoms with Crippen molar-refractivity contribution in [3.8, 4) is 0 Å². The van der Waals surface area contributed by atoms with Gasteiger partial charge in [-0.2, -0.15) is 0 Å². The third kappa shape index (κ3) is 8.94. The quantitative estimate of drug-likeness (QED) is 0.170. The van der Waals surface area contributed by atoms with Crippen LogP contribution in [0.4, 0.5) is 0 Å². The molecule has 0 spiro atoms. The van der Waals surface area contributed by atoms with Crippen LogP contribution < -0.4 is 0 Å². The molecule has 0 aliphatic carbocycles. The van der Waals surface area contributed by atoms with Crippen LogP contribution in [0.1, 0.15) is 58.2 Å². The summed E-state index contributed by atoms with van der Waals surface area (Å²) >= 11 is 6.58. The molecule has 0 amide bonds. The number of hydrogen-bond acceptors (Lipinski definition) is 0. The van der Waals surface area contributed by atoms with Crippen molar-refractivity contribution in [2.75, 3.05) is 0 Å². The highest BCUT2D eigenvalue weighted by molar-refractivity contribution is 6.41. The van der Waals surface area contributed by atoms with Gasteiger partial charge in [-0.1, -0.05) is 174 Å². The Labute approximate surface area is 264 Å². The zero-order valence-corrected chi connectivity index (χ0v) is 27.5. The molecular weight excluding hydrogens is 540 g/mol. The Hall–Kier alpha value is -3.61. The number of hydrogen-bond donors (Lipinski definition) is 0. The van der Waals surface area contributed by atoms with Gasteiger partial charge in [0.05, 0.1) is 5.02 Å². The predicted octanol–water partition coefficient (Wildman–Crippen LogP) is 12.8. The van der Waals surface area contributed by atoms with E-state index in [1.165, 1.54) is 61.8 Å². The van der Waals surface area contributed by atoms with Crippen LogP contribution in [0.2, 0.25) is 5.02 Å². The highest BCUT2D eigenvalue weighted by Crippen LogP contribution is 2.37. The maximum atomic E-state index is 6.58. The molecule has 0 N–H and O–H groups in total. The fourth-order valence-corrected chi connectivity index (χ4v) is 6.12. The van der Waals surface area contributed by atoms with Crippen molar-refractivity contribution in [3.63, 3.8) is 0 Å². The Morgan fingerprint density at radius 2 is 0.860 bits per heavy atom. The number of halogens is 1. The van der Waals surface area contributed by atoms with Gasteiger partial charge in [0.25, 0.3) is 0 Å². The highest BCUT2D eigenvalue weighted by Gasteiger charge is 2.12. The van der Waals surface area contributed by atoms with Crippen molar-refractivity contribution in [3.05, 3.63) is 143 Å². The summed E-state index contributed by atoms with van der Waals surface area (Å²) in [6.07, 6.45) is 3.44.